The average Bonchev–Trinajstić information content (AvgIpc) is 2.34. The fourth-order valence-electron chi connectivity index (χ4n) is 2.00. The predicted octanol–water partition coefficient (Wildman–Crippen LogP) is 2.12. The van der Waals surface area contributed by atoms with Crippen LogP contribution in [0.25, 0.3) is 0 Å². The highest BCUT2D eigenvalue weighted by atomic mass is 16.5. The van der Waals surface area contributed by atoms with Crippen LogP contribution in [0.2, 0.25) is 0 Å². The molecule has 4 heteroatoms. The third-order valence-electron chi connectivity index (χ3n) is 3.47. The summed E-state index contributed by atoms with van der Waals surface area (Å²) in [5.41, 5.74) is 1.10. The second-order valence-corrected chi connectivity index (χ2v) is 5.86. The summed E-state index contributed by atoms with van der Waals surface area (Å²) >= 11 is 0. The Labute approximate surface area is 120 Å². The molecule has 1 atom stereocenters. The normalized spacial score (nSPS) is 16.6. The van der Waals surface area contributed by atoms with Crippen molar-refractivity contribution in [1.82, 2.24) is 10.6 Å². The molecule has 0 bridgehead atoms. The summed E-state index contributed by atoms with van der Waals surface area (Å²) < 4.78 is 5.65. The standard InChI is InChI=1S/C16H24N2O2/c1-11(2)10-20-15-6-4-13(5-7-15)12(3)18-16(19)14-8-17-9-14/h4-7,11-12,14,17H,8-10H2,1-3H3,(H,18,19). The second kappa shape index (κ2) is 6.75. The van der Waals surface area contributed by atoms with Gasteiger partial charge in [-0.25, -0.2) is 0 Å². The van der Waals surface area contributed by atoms with Crippen LogP contribution in [0.5, 0.6) is 5.75 Å². The van der Waals surface area contributed by atoms with Crippen molar-refractivity contribution < 1.29 is 9.53 Å². The summed E-state index contributed by atoms with van der Waals surface area (Å²) in [7, 11) is 0. The van der Waals surface area contributed by atoms with Gasteiger partial charge in [0.05, 0.1) is 18.6 Å². The van der Waals surface area contributed by atoms with Gasteiger partial charge in [-0.1, -0.05) is 26.0 Å². The summed E-state index contributed by atoms with van der Waals surface area (Å²) in [5.74, 6) is 1.66. The van der Waals surface area contributed by atoms with E-state index in [4.69, 9.17) is 4.74 Å². The molecule has 1 aromatic carbocycles. The van der Waals surface area contributed by atoms with Crippen molar-refractivity contribution in [3.63, 3.8) is 0 Å². The van der Waals surface area contributed by atoms with Crippen molar-refractivity contribution in [2.75, 3.05) is 19.7 Å². The maximum Gasteiger partial charge on any atom is 0.226 e. The number of carbonyl (C=O) groups is 1. The van der Waals surface area contributed by atoms with Crippen molar-refractivity contribution in [1.29, 1.82) is 0 Å². The third-order valence-corrected chi connectivity index (χ3v) is 3.47. The Hall–Kier alpha value is -1.55. The van der Waals surface area contributed by atoms with Gasteiger partial charge >= 0.3 is 0 Å². The first kappa shape index (κ1) is 14.9. The average molecular weight is 276 g/mol. The van der Waals surface area contributed by atoms with Crippen LogP contribution in [-0.4, -0.2) is 25.6 Å². The van der Waals surface area contributed by atoms with E-state index >= 15 is 0 Å². The number of amides is 1. The van der Waals surface area contributed by atoms with Gasteiger partial charge in [-0.15, -0.1) is 0 Å². The molecule has 1 aliphatic heterocycles. The highest BCUT2D eigenvalue weighted by molar-refractivity contribution is 5.80. The topological polar surface area (TPSA) is 50.4 Å². The second-order valence-electron chi connectivity index (χ2n) is 5.86. The van der Waals surface area contributed by atoms with E-state index in [1.165, 1.54) is 0 Å². The van der Waals surface area contributed by atoms with Crippen molar-refractivity contribution in [3.8, 4) is 5.75 Å². The fraction of sp³-hybridized carbons (Fsp3) is 0.562. The highest BCUT2D eigenvalue weighted by Crippen LogP contribution is 2.19. The highest BCUT2D eigenvalue weighted by Gasteiger charge is 2.25. The summed E-state index contributed by atoms with van der Waals surface area (Å²) in [6.07, 6.45) is 0. The zero-order valence-corrected chi connectivity index (χ0v) is 12.5. The van der Waals surface area contributed by atoms with Crippen molar-refractivity contribution in [3.05, 3.63) is 29.8 Å². The van der Waals surface area contributed by atoms with Crippen LogP contribution in [-0.2, 0) is 4.79 Å². The van der Waals surface area contributed by atoms with Crippen molar-refractivity contribution in [2.45, 2.75) is 26.8 Å². The van der Waals surface area contributed by atoms with E-state index in [9.17, 15) is 4.79 Å². The van der Waals surface area contributed by atoms with E-state index < -0.39 is 0 Å². The van der Waals surface area contributed by atoms with Gasteiger partial charge in [-0.2, -0.15) is 0 Å². The molecule has 110 valence electrons. The summed E-state index contributed by atoms with van der Waals surface area (Å²) in [4.78, 5) is 11.9. The fourth-order valence-corrected chi connectivity index (χ4v) is 2.00. The minimum atomic E-state index is 0.0299. The van der Waals surface area contributed by atoms with E-state index in [0.717, 1.165) is 31.0 Å². The quantitative estimate of drug-likeness (QED) is 0.837. The molecule has 0 saturated carbocycles. The zero-order valence-electron chi connectivity index (χ0n) is 12.5. The molecule has 1 fully saturated rings. The Balaban J connectivity index is 1.86. The van der Waals surface area contributed by atoms with Gasteiger partial charge in [0.1, 0.15) is 5.75 Å². The molecule has 0 aromatic heterocycles. The molecule has 1 aromatic rings. The van der Waals surface area contributed by atoms with Crippen LogP contribution < -0.4 is 15.4 Å². The van der Waals surface area contributed by atoms with E-state index in [1.54, 1.807) is 0 Å². The first-order valence-corrected chi connectivity index (χ1v) is 7.30. The van der Waals surface area contributed by atoms with Crippen LogP contribution in [0, 0.1) is 11.8 Å². The Bertz CT molecular complexity index is 438. The first-order chi connectivity index (χ1) is 9.56. The van der Waals surface area contributed by atoms with Crippen LogP contribution in [0.1, 0.15) is 32.4 Å². The number of benzene rings is 1. The van der Waals surface area contributed by atoms with Crippen LogP contribution in [0.15, 0.2) is 24.3 Å². The summed E-state index contributed by atoms with van der Waals surface area (Å²) in [6, 6.07) is 7.98. The lowest BCUT2D eigenvalue weighted by Gasteiger charge is -2.27. The predicted molar refractivity (Wildman–Crippen MR) is 79.7 cm³/mol. The Kier molecular flexibility index (Phi) is 5.01. The SMILES string of the molecule is CC(C)COc1ccc(C(C)NC(=O)C2CNC2)cc1. The van der Waals surface area contributed by atoms with Gasteiger partial charge in [-0.05, 0) is 30.5 Å². The molecule has 2 N–H and O–H groups in total. The molecular weight excluding hydrogens is 252 g/mol. The molecule has 1 saturated heterocycles. The van der Waals surface area contributed by atoms with Gasteiger partial charge in [-0.3, -0.25) is 4.79 Å². The van der Waals surface area contributed by atoms with Gasteiger partial charge in [0.15, 0.2) is 0 Å². The molecule has 0 aliphatic carbocycles. The van der Waals surface area contributed by atoms with Gasteiger partial charge in [0.25, 0.3) is 0 Å². The Morgan fingerprint density at radius 3 is 2.45 bits per heavy atom. The first-order valence-electron chi connectivity index (χ1n) is 7.30. The number of rotatable bonds is 6. The summed E-state index contributed by atoms with van der Waals surface area (Å²) in [5, 5.41) is 6.16. The number of nitrogens with one attached hydrogen (secondary N) is 2. The molecule has 1 heterocycles. The van der Waals surface area contributed by atoms with Crippen molar-refractivity contribution in [2.24, 2.45) is 11.8 Å². The molecule has 1 aliphatic rings. The van der Waals surface area contributed by atoms with Gasteiger partial charge < -0.3 is 15.4 Å². The van der Waals surface area contributed by atoms with E-state index in [-0.39, 0.29) is 17.9 Å². The van der Waals surface area contributed by atoms with Crippen molar-refractivity contribution >= 4 is 5.91 Å². The third kappa shape index (κ3) is 3.97. The number of hydrogen-bond donors (Lipinski definition) is 2. The van der Waals surface area contributed by atoms with E-state index in [2.05, 4.69) is 24.5 Å². The van der Waals surface area contributed by atoms with Crippen LogP contribution >= 0.6 is 0 Å². The Morgan fingerprint density at radius 1 is 1.30 bits per heavy atom. The molecule has 20 heavy (non-hydrogen) atoms. The number of hydrogen-bond acceptors (Lipinski definition) is 3. The maximum atomic E-state index is 11.9. The van der Waals surface area contributed by atoms with Crippen LogP contribution in [0.3, 0.4) is 0 Å². The molecular formula is C16H24N2O2. The summed E-state index contributed by atoms with van der Waals surface area (Å²) in [6.45, 7) is 8.57. The number of carbonyl (C=O) groups excluding carboxylic acids is 1. The molecule has 0 spiro atoms. The van der Waals surface area contributed by atoms with E-state index in [1.807, 2.05) is 31.2 Å². The lowest BCUT2D eigenvalue weighted by Crippen LogP contribution is -2.51. The Morgan fingerprint density at radius 2 is 1.95 bits per heavy atom. The zero-order chi connectivity index (χ0) is 14.5. The molecule has 4 nitrogen and oxygen atoms in total. The minimum absolute atomic E-state index is 0.0299. The molecule has 0 radical (unpaired) electrons. The van der Waals surface area contributed by atoms with Gasteiger partial charge in [0, 0.05) is 13.1 Å². The molecule has 2 rings (SSSR count). The smallest absolute Gasteiger partial charge is 0.226 e. The molecule has 1 unspecified atom stereocenters. The minimum Gasteiger partial charge on any atom is -0.493 e. The molecule has 1 amide bonds. The lowest BCUT2D eigenvalue weighted by molar-refractivity contribution is -0.127. The van der Waals surface area contributed by atoms with Gasteiger partial charge in [0.2, 0.25) is 5.91 Å². The number of ether oxygens (including phenoxy) is 1. The van der Waals surface area contributed by atoms with E-state index in [0.29, 0.717) is 5.92 Å². The largest absolute Gasteiger partial charge is 0.493 e. The monoisotopic (exact) mass is 276 g/mol. The lowest BCUT2D eigenvalue weighted by atomic mass is 10.0. The van der Waals surface area contributed by atoms with Crippen LogP contribution in [0.4, 0.5) is 0 Å². The maximum absolute atomic E-state index is 11.9.